The van der Waals surface area contributed by atoms with Gasteiger partial charge in [0.1, 0.15) is 5.76 Å². The SMILES string of the molecule is CN(CC(=O)Nc1cccc2ccccc12)C(=O)C=Cc1ccco1. The number of hydrogen-bond donors (Lipinski definition) is 1. The highest BCUT2D eigenvalue weighted by atomic mass is 16.3. The van der Waals surface area contributed by atoms with Crippen LogP contribution in [0.3, 0.4) is 0 Å². The van der Waals surface area contributed by atoms with Gasteiger partial charge in [0, 0.05) is 24.2 Å². The third-order valence-corrected chi connectivity index (χ3v) is 3.75. The number of likely N-dealkylation sites (N-methyl/N-ethyl adjacent to an activating group) is 1. The molecule has 0 unspecified atom stereocenters. The number of anilines is 1. The van der Waals surface area contributed by atoms with E-state index in [0.29, 0.717) is 5.76 Å². The number of nitrogens with one attached hydrogen (secondary N) is 1. The van der Waals surface area contributed by atoms with Crippen molar-refractivity contribution in [3.8, 4) is 0 Å². The molecular weight excluding hydrogens is 316 g/mol. The predicted molar refractivity (Wildman–Crippen MR) is 98.0 cm³/mol. The lowest BCUT2D eigenvalue weighted by Gasteiger charge is -2.15. The van der Waals surface area contributed by atoms with Crippen LogP contribution in [0.15, 0.2) is 71.4 Å². The van der Waals surface area contributed by atoms with Crippen molar-refractivity contribution < 1.29 is 14.0 Å². The Hall–Kier alpha value is -3.34. The summed E-state index contributed by atoms with van der Waals surface area (Å²) in [6.07, 6.45) is 4.48. The number of amides is 2. The standard InChI is InChI=1S/C20H18N2O3/c1-22(20(24)12-11-16-8-5-13-25-16)14-19(23)21-18-10-4-7-15-6-2-3-9-17(15)18/h2-13H,14H2,1H3,(H,21,23). The zero-order valence-corrected chi connectivity index (χ0v) is 13.8. The monoisotopic (exact) mass is 334 g/mol. The van der Waals surface area contributed by atoms with Gasteiger partial charge in [0.2, 0.25) is 11.8 Å². The predicted octanol–water partition coefficient (Wildman–Crippen LogP) is 3.54. The van der Waals surface area contributed by atoms with Crippen molar-refractivity contribution >= 4 is 34.4 Å². The number of benzene rings is 2. The Kier molecular flexibility index (Phi) is 4.95. The van der Waals surface area contributed by atoms with Crippen LogP contribution in [0.1, 0.15) is 5.76 Å². The minimum absolute atomic E-state index is 0.0372. The number of hydrogen-bond acceptors (Lipinski definition) is 3. The van der Waals surface area contributed by atoms with Crippen molar-refractivity contribution in [2.24, 2.45) is 0 Å². The highest BCUT2D eigenvalue weighted by Crippen LogP contribution is 2.22. The topological polar surface area (TPSA) is 62.6 Å². The summed E-state index contributed by atoms with van der Waals surface area (Å²) in [5.74, 6) is 0.0602. The number of rotatable bonds is 5. The smallest absolute Gasteiger partial charge is 0.246 e. The molecule has 0 fully saturated rings. The summed E-state index contributed by atoms with van der Waals surface area (Å²) in [5.41, 5.74) is 0.732. The van der Waals surface area contributed by atoms with E-state index in [1.54, 1.807) is 25.3 Å². The molecule has 1 N–H and O–H groups in total. The molecule has 2 aromatic carbocycles. The fourth-order valence-corrected chi connectivity index (χ4v) is 2.48. The summed E-state index contributed by atoms with van der Waals surface area (Å²) < 4.78 is 5.13. The van der Waals surface area contributed by atoms with Crippen molar-refractivity contribution in [2.75, 3.05) is 18.9 Å². The minimum atomic E-state index is -0.274. The zero-order valence-electron chi connectivity index (χ0n) is 13.8. The van der Waals surface area contributed by atoms with Crippen LogP contribution in [0, 0.1) is 0 Å². The van der Waals surface area contributed by atoms with Crippen molar-refractivity contribution in [3.63, 3.8) is 0 Å². The Morgan fingerprint density at radius 2 is 1.88 bits per heavy atom. The van der Waals surface area contributed by atoms with E-state index in [2.05, 4.69) is 5.32 Å². The molecule has 0 saturated heterocycles. The largest absolute Gasteiger partial charge is 0.465 e. The van der Waals surface area contributed by atoms with Gasteiger partial charge >= 0.3 is 0 Å². The molecule has 0 saturated carbocycles. The quantitative estimate of drug-likeness (QED) is 0.726. The molecule has 3 aromatic rings. The van der Waals surface area contributed by atoms with Crippen LogP contribution in [-0.2, 0) is 9.59 Å². The summed E-state index contributed by atoms with van der Waals surface area (Å²) in [6, 6.07) is 17.0. The third kappa shape index (κ3) is 4.14. The number of fused-ring (bicyclic) bond motifs is 1. The normalized spacial score (nSPS) is 10.9. The molecule has 0 aliphatic heterocycles. The molecule has 126 valence electrons. The van der Waals surface area contributed by atoms with Crippen molar-refractivity contribution in [3.05, 3.63) is 72.7 Å². The Morgan fingerprint density at radius 1 is 1.08 bits per heavy atom. The number of furan rings is 1. The summed E-state index contributed by atoms with van der Waals surface area (Å²) in [4.78, 5) is 25.7. The van der Waals surface area contributed by atoms with E-state index in [-0.39, 0.29) is 18.4 Å². The second-order valence-corrected chi connectivity index (χ2v) is 5.62. The fraction of sp³-hybridized carbons (Fsp3) is 0.100. The lowest BCUT2D eigenvalue weighted by Crippen LogP contribution is -2.33. The first kappa shape index (κ1) is 16.5. The lowest BCUT2D eigenvalue weighted by atomic mass is 10.1. The summed E-state index contributed by atoms with van der Waals surface area (Å²) in [6.45, 7) is -0.0372. The molecule has 3 rings (SSSR count). The van der Waals surface area contributed by atoms with E-state index in [1.807, 2.05) is 42.5 Å². The molecule has 0 aliphatic rings. The number of carbonyl (C=O) groups is 2. The van der Waals surface area contributed by atoms with Crippen LogP contribution in [0.5, 0.6) is 0 Å². The molecule has 5 nitrogen and oxygen atoms in total. The average molecular weight is 334 g/mol. The zero-order chi connectivity index (χ0) is 17.6. The molecule has 0 spiro atoms. The van der Waals surface area contributed by atoms with Crippen LogP contribution < -0.4 is 5.32 Å². The molecule has 25 heavy (non-hydrogen) atoms. The first-order valence-corrected chi connectivity index (χ1v) is 7.88. The van der Waals surface area contributed by atoms with Crippen molar-refractivity contribution in [2.45, 2.75) is 0 Å². The maximum Gasteiger partial charge on any atom is 0.246 e. The van der Waals surface area contributed by atoms with Gasteiger partial charge in [-0.15, -0.1) is 0 Å². The van der Waals surface area contributed by atoms with E-state index < -0.39 is 0 Å². The molecule has 5 heteroatoms. The maximum absolute atomic E-state index is 12.3. The van der Waals surface area contributed by atoms with Gasteiger partial charge in [-0.3, -0.25) is 9.59 Å². The molecule has 0 atom stereocenters. The van der Waals surface area contributed by atoms with E-state index in [1.165, 1.54) is 17.2 Å². The van der Waals surface area contributed by atoms with Gasteiger partial charge in [0.05, 0.1) is 12.8 Å². The molecule has 0 bridgehead atoms. The first-order valence-electron chi connectivity index (χ1n) is 7.88. The second-order valence-electron chi connectivity index (χ2n) is 5.62. The first-order chi connectivity index (χ1) is 12.1. The van der Waals surface area contributed by atoms with E-state index in [9.17, 15) is 9.59 Å². The average Bonchev–Trinajstić information content (AvgIpc) is 3.13. The minimum Gasteiger partial charge on any atom is -0.465 e. The fourth-order valence-electron chi connectivity index (χ4n) is 2.48. The van der Waals surface area contributed by atoms with Crippen LogP contribution in [0.2, 0.25) is 0 Å². The van der Waals surface area contributed by atoms with Crippen LogP contribution in [0.25, 0.3) is 16.8 Å². The summed E-state index contributed by atoms with van der Waals surface area (Å²) >= 11 is 0. The Bertz CT molecular complexity index is 908. The summed E-state index contributed by atoms with van der Waals surface area (Å²) in [5, 5.41) is 4.88. The molecule has 0 radical (unpaired) electrons. The van der Waals surface area contributed by atoms with Gasteiger partial charge in [-0.1, -0.05) is 36.4 Å². The number of nitrogens with zero attached hydrogens (tertiary/aromatic N) is 1. The van der Waals surface area contributed by atoms with Gasteiger partial charge in [-0.25, -0.2) is 0 Å². The molecule has 1 aromatic heterocycles. The van der Waals surface area contributed by atoms with Gasteiger partial charge in [0.25, 0.3) is 0 Å². The lowest BCUT2D eigenvalue weighted by molar-refractivity contribution is -0.129. The Balaban J connectivity index is 1.62. The van der Waals surface area contributed by atoms with E-state index >= 15 is 0 Å². The molecular formula is C20H18N2O3. The molecule has 0 aliphatic carbocycles. The Labute approximate surface area is 145 Å². The van der Waals surface area contributed by atoms with Gasteiger partial charge in [-0.2, -0.15) is 0 Å². The van der Waals surface area contributed by atoms with Crippen molar-refractivity contribution in [1.82, 2.24) is 4.90 Å². The highest BCUT2D eigenvalue weighted by Gasteiger charge is 2.12. The molecule has 2 amide bonds. The van der Waals surface area contributed by atoms with Crippen LogP contribution >= 0.6 is 0 Å². The number of carbonyl (C=O) groups excluding carboxylic acids is 2. The van der Waals surface area contributed by atoms with E-state index in [0.717, 1.165) is 16.5 Å². The van der Waals surface area contributed by atoms with Gasteiger partial charge < -0.3 is 14.6 Å². The Morgan fingerprint density at radius 3 is 2.68 bits per heavy atom. The van der Waals surface area contributed by atoms with Crippen molar-refractivity contribution in [1.29, 1.82) is 0 Å². The highest BCUT2D eigenvalue weighted by molar-refractivity contribution is 6.04. The second kappa shape index (κ2) is 7.49. The summed E-state index contributed by atoms with van der Waals surface area (Å²) in [7, 11) is 1.58. The van der Waals surface area contributed by atoms with Crippen LogP contribution in [-0.4, -0.2) is 30.3 Å². The maximum atomic E-state index is 12.3. The van der Waals surface area contributed by atoms with E-state index in [4.69, 9.17) is 4.42 Å². The van der Waals surface area contributed by atoms with Crippen LogP contribution in [0.4, 0.5) is 5.69 Å². The van der Waals surface area contributed by atoms with Gasteiger partial charge in [-0.05, 0) is 29.7 Å². The van der Waals surface area contributed by atoms with Gasteiger partial charge in [0.15, 0.2) is 0 Å². The molecule has 1 heterocycles. The third-order valence-electron chi connectivity index (χ3n) is 3.75.